The molecule has 0 aliphatic carbocycles. The highest BCUT2D eigenvalue weighted by Gasteiger charge is 2.18. The Labute approximate surface area is 253 Å². The Morgan fingerprint density at radius 3 is 2.51 bits per heavy atom. The zero-order valence-electron chi connectivity index (χ0n) is 22.9. The molecule has 9 heteroatoms. The van der Waals surface area contributed by atoms with E-state index in [1.54, 1.807) is 36.5 Å². The highest BCUT2D eigenvalue weighted by molar-refractivity contribution is 9.10. The van der Waals surface area contributed by atoms with Gasteiger partial charge in [-0.05, 0) is 67.1 Å². The molecule has 0 amide bonds. The Kier molecular flexibility index (Phi) is 6.51. The van der Waals surface area contributed by atoms with Gasteiger partial charge in [-0.15, -0.1) is 0 Å². The highest BCUT2D eigenvalue weighted by Crippen LogP contribution is 2.30. The van der Waals surface area contributed by atoms with E-state index in [-0.39, 0.29) is 11.1 Å². The fourth-order valence-corrected chi connectivity index (χ4v) is 5.77. The lowest BCUT2D eigenvalue weighted by atomic mass is 10.1. The first-order chi connectivity index (χ1) is 20.9. The van der Waals surface area contributed by atoms with E-state index in [0.717, 1.165) is 37.6 Å². The average Bonchev–Trinajstić information content (AvgIpc) is 3.55. The number of para-hydroxylation sites is 2. The molecule has 210 valence electrons. The van der Waals surface area contributed by atoms with E-state index in [1.165, 1.54) is 4.68 Å². The SMILES string of the molecule is Cc1c(C=Nn2c(-c3cc4cc(Br)ccc4o3)nc3ccccc3c2=O)c2ccccc2n1Cc1ccc(C(=O)O)cc1. The van der Waals surface area contributed by atoms with Crippen LogP contribution in [0.25, 0.3) is 44.4 Å². The number of halogens is 1. The number of nitrogens with zero attached hydrogens (tertiary/aromatic N) is 4. The van der Waals surface area contributed by atoms with Gasteiger partial charge in [0.25, 0.3) is 5.56 Å². The van der Waals surface area contributed by atoms with E-state index in [2.05, 4.69) is 20.5 Å². The highest BCUT2D eigenvalue weighted by atomic mass is 79.9. The smallest absolute Gasteiger partial charge is 0.335 e. The van der Waals surface area contributed by atoms with Gasteiger partial charge in [-0.25, -0.2) is 9.78 Å². The third-order valence-corrected chi connectivity index (χ3v) is 8.07. The van der Waals surface area contributed by atoms with Gasteiger partial charge in [0.1, 0.15) is 5.58 Å². The average molecular weight is 631 g/mol. The minimum atomic E-state index is -0.957. The van der Waals surface area contributed by atoms with Crippen molar-refractivity contribution in [2.75, 3.05) is 0 Å². The van der Waals surface area contributed by atoms with E-state index in [4.69, 9.17) is 14.5 Å². The summed E-state index contributed by atoms with van der Waals surface area (Å²) in [7, 11) is 0. The number of aromatic nitrogens is 3. The fraction of sp³-hybridized carbons (Fsp3) is 0.0588. The van der Waals surface area contributed by atoms with Crippen molar-refractivity contribution in [3.8, 4) is 11.6 Å². The summed E-state index contributed by atoms with van der Waals surface area (Å²) < 4.78 is 10.5. The van der Waals surface area contributed by atoms with E-state index >= 15 is 0 Å². The lowest BCUT2D eigenvalue weighted by Crippen LogP contribution is -2.20. The van der Waals surface area contributed by atoms with Gasteiger partial charge in [-0.1, -0.05) is 58.4 Å². The van der Waals surface area contributed by atoms with Crippen molar-refractivity contribution in [1.82, 2.24) is 14.2 Å². The number of hydrogen-bond donors (Lipinski definition) is 1. The number of benzene rings is 4. The molecule has 43 heavy (non-hydrogen) atoms. The molecule has 0 saturated carbocycles. The van der Waals surface area contributed by atoms with Crippen LogP contribution in [0.2, 0.25) is 0 Å². The first-order valence-corrected chi connectivity index (χ1v) is 14.3. The van der Waals surface area contributed by atoms with Gasteiger partial charge in [0.15, 0.2) is 5.76 Å². The zero-order chi connectivity index (χ0) is 29.7. The normalized spacial score (nSPS) is 11.8. The van der Waals surface area contributed by atoms with Crippen LogP contribution in [0.15, 0.2) is 116 Å². The Bertz CT molecular complexity index is 2290. The first kappa shape index (κ1) is 26.6. The van der Waals surface area contributed by atoms with Crippen molar-refractivity contribution in [2.24, 2.45) is 5.10 Å². The Morgan fingerprint density at radius 2 is 1.72 bits per heavy atom. The van der Waals surface area contributed by atoms with Crippen LogP contribution < -0.4 is 5.56 Å². The van der Waals surface area contributed by atoms with E-state index < -0.39 is 5.97 Å². The largest absolute Gasteiger partial charge is 0.478 e. The molecule has 7 rings (SSSR count). The molecule has 1 N–H and O–H groups in total. The lowest BCUT2D eigenvalue weighted by molar-refractivity contribution is 0.0697. The number of hydrogen-bond acceptors (Lipinski definition) is 5. The molecular weight excluding hydrogens is 608 g/mol. The second kappa shape index (κ2) is 10.5. The van der Waals surface area contributed by atoms with Gasteiger partial charge in [0.05, 0.1) is 22.7 Å². The number of furan rings is 1. The van der Waals surface area contributed by atoms with Crippen LogP contribution in [-0.2, 0) is 6.54 Å². The Balaban J connectivity index is 1.37. The lowest BCUT2D eigenvalue weighted by Gasteiger charge is -2.09. The van der Waals surface area contributed by atoms with Gasteiger partial charge in [0, 0.05) is 38.6 Å². The Hall–Kier alpha value is -5.28. The van der Waals surface area contributed by atoms with E-state index in [0.29, 0.717) is 34.6 Å². The van der Waals surface area contributed by atoms with Crippen molar-refractivity contribution >= 4 is 60.9 Å². The fourth-order valence-electron chi connectivity index (χ4n) is 5.39. The number of carboxylic acid groups (broad SMARTS) is 1. The van der Waals surface area contributed by atoms with Gasteiger partial charge in [-0.2, -0.15) is 9.78 Å². The molecule has 0 bridgehead atoms. The summed E-state index contributed by atoms with van der Waals surface area (Å²) in [5.74, 6) is -0.231. The predicted molar refractivity (Wildman–Crippen MR) is 171 cm³/mol. The first-order valence-electron chi connectivity index (χ1n) is 13.5. The van der Waals surface area contributed by atoms with Crippen LogP contribution in [-0.4, -0.2) is 31.5 Å². The van der Waals surface area contributed by atoms with Gasteiger partial charge in [-0.3, -0.25) is 4.79 Å². The van der Waals surface area contributed by atoms with E-state index in [9.17, 15) is 14.7 Å². The number of carbonyl (C=O) groups is 1. The minimum Gasteiger partial charge on any atom is -0.478 e. The molecule has 3 aromatic heterocycles. The summed E-state index contributed by atoms with van der Waals surface area (Å²) in [5, 5.41) is 16.3. The molecule has 4 aromatic carbocycles. The van der Waals surface area contributed by atoms with Gasteiger partial charge in [0.2, 0.25) is 5.82 Å². The second-order valence-corrected chi connectivity index (χ2v) is 11.1. The van der Waals surface area contributed by atoms with Crippen LogP contribution in [0.3, 0.4) is 0 Å². The minimum absolute atomic E-state index is 0.244. The molecule has 3 heterocycles. The molecule has 0 spiro atoms. The van der Waals surface area contributed by atoms with Crippen LogP contribution in [0.1, 0.15) is 27.2 Å². The molecule has 0 atom stereocenters. The summed E-state index contributed by atoms with van der Waals surface area (Å²) in [4.78, 5) is 29.9. The summed E-state index contributed by atoms with van der Waals surface area (Å²) in [6.07, 6.45) is 1.70. The molecule has 0 aliphatic rings. The summed E-state index contributed by atoms with van der Waals surface area (Å²) in [6.45, 7) is 2.55. The summed E-state index contributed by atoms with van der Waals surface area (Å²) in [5.41, 5.74) is 4.93. The maximum absolute atomic E-state index is 13.8. The van der Waals surface area contributed by atoms with Crippen molar-refractivity contribution in [3.63, 3.8) is 0 Å². The standard InChI is InChI=1S/C34H23BrN4O4/c1-20-27(25-6-3-5-9-29(25)38(20)19-21-10-12-22(13-11-21)34(41)42)18-36-39-32(37-28-8-4-2-7-26(28)33(39)40)31-17-23-16-24(35)14-15-30(23)43-31/h2-18H,19H2,1H3,(H,41,42). The number of carboxylic acids is 1. The molecule has 0 fully saturated rings. The molecule has 7 aromatic rings. The number of rotatable bonds is 6. The molecule has 0 unspecified atom stereocenters. The Morgan fingerprint density at radius 1 is 0.977 bits per heavy atom. The quantitative estimate of drug-likeness (QED) is 0.192. The second-order valence-electron chi connectivity index (χ2n) is 10.2. The maximum atomic E-state index is 13.8. The molecule has 8 nitrogen and oxygen atoms in total. The molecular formula is C34H23BrN4O4. The van der Waals surface area contributed by atoms with Crippen molar-refractivity contribution in [3.05, 3.63) is 134 Å². The predicted octanol–water partition coefficient (Wildman–Crippen LogP) is 7.46. The monoisotopic (exact) mass is 630 g/mol. The maximum Gasteiger partial charge on any atom is 0.335 e. The van der Waals surface area contributed by atoms with Crippen LogP contribution in [0.4, 0.5) is 0 Å². The van der Waals surface area contributed by atoms with Crippen LogP contribution >= 0.6 is 15.9 Å². The van der Waals surface area contributed by atoms with Gasteiger partial charge < -0.3 is 14.1 Å². The van der Waals surface area contributed by atoms with Crippen molar-refractivity contribution < 1.29 is 14.3 Å². The molecule has 0 aliphatic heterocycles. The summed E-state index contributed by atoms with van der Waals surface area (Å²) >= 11 is 3.50. The van der Waals surface area contributed by atoms with Crippen molar-refractivity contribution in [2.45, 2.75) is 13.5 Å². The third kappa shape index (κ3) is 4.73. The number of fused-ring (bicyclic) bond motifs is 3. The third-order valence-electron chi connectivity index (χ3n) is 7.58. The molecule has 0 radical (unpaired) electrons. The van der Waals surface area contributed by atoms with Crippen molar-refractivity contribution in [1.29, 1.82) is 0 Å². The molecule has 0 saturated heterocycles. The topological polar surface area (TPSA) is 103 Å². The number of aromatic carboxylic acids is 1. The zero-order valence-corrected chi connectivity index (χ0v) is 24.4. The van der Waals surface area contributed by atoms with Crippen LogP contribution in [0.5, 0.6) is 0 Å². The summed E-state index contributed by atoms with van der Waals surface area (Å²) in [6, 6.07) is 29.6. The van der Waals surface area contributed by atoms with Crippen LogP contribution in [0, 0.1) is 6.92 Å². The van der Waals surface area contributed by atoms with E-state index in [1.807, 2.05) is 73.7 Å². The van der Waals surface area contributed by atoms with Gasteiger partial charge >= 0.3 is 5.97 Å².